The van der Waals surface area contributed by atoms with E-state index in [4.69, 9.17) is 4.74 Å². The third-order valence-electron chi connectivity index (χ3n) is 9.43. The minimum atomic E-state index is -0.891. The number of rotatable bonds is 36. The molecule has 2 N–H and O–H groups in total. The molecule has 0 fully saturated rings. The van der Waals surface area contributed by atoms with Gasteiger partial charge in [-0.05, 0) is 12.8 Å². The molecule has 0 aromatic rings. The number of ether oxygens (including phenoxy) is 1. The molecule has 262 valence electrons. The van der Waals surface area contributed by atoms with Crippen LogP contribution < -0.4 is 0 Å². The summed E-state index contributed by atoms with van der Waals surface area (Å²) in [6.07, 6.45) is 38.0. The van der Waals surface area contributed by atoms with Crippen LogP contribution >= 0.6 is 0 Å². The molecule has 0 saturated heterocycles. The number of carbonyl (C=O) groups is 2. The van der Waals surface area contributed by atoms with Crippen molar-refractivity contribution in [2.24, 2.45) is 11.8 Å². The maximum atomic E-state index is 12.2. The molecule has 0 aliphatic heterocycles. The first kappa shape index (κ1) is 42.9. The van der Waals surface area contributed by atoms with Crippen LogP contribution in [0.4, 0.5) is 0 Å². The number of aliphatic hydroxyl groups excluding tert-OH is 1. The average molecular weight is 625 g/mol. The van der Waals surface area contributed by atoms with Crippen LogP contribution in [0.2, 0.25) is 0 Å². The van der Waals surface area contributed by atoms with E-state index in [1.165, 1.54) is 148 Å². The summed E-state index contributed by atoms with van der Waals surface area (Å²) in [6.45, 7) is 4.27. The Kier molecular flexibility index (Phi) is 33.9. The molecule has 44 heavy (non-hydrogen) atoms. The van der Waals surface area contributed by atoms with Gasteiger partial charge in [0, 0.05) is 18.9 Å². The lowest BCUT2D eigenvalue weighted by atomic mass is 9.88. The summed E-state index contributed by atoms with van der Waals surface area (Å²) in [6, 6.07) is 0. The highest BCUT2D eigenvalue weighted by molar-refractivity contribution is 5.71. The summed E-state index contributed by atoms with van der Waals surface area (Å²) in [4.78, 5) is 24.1. The van der Waals surface area contributed by atoms with Gasteiger partial charge in [-0.2, -0.15) is 0 Å². The van der Waals surface area contributed by atoms with Gasteiger partial charge in [-0.15, -0.1) is 0 Å². The number of carboxylic acids is 1. The van der Waals surface area contributed by atoms with Crippen LogP contribution in [0.5, 0.6) is 0 Å². The van der Waals surface area contributed by atoms with E-state index in [9.17, 15) is 19.8 Å². The van der Waals surface area contributed by atoms with Gasteiger partial charge in [0.15, 0.2) is 0 Å². The summed E-state index contributed by atoms with van der Waals surface area (Å²) in [5.74, 6) is -2.34. The summed E-state index contributed by atoms with van der Waals surface area (Å²) in [5, 5.41) is 19.6. The quantitative estimate of drug-likeness (QED) is 0.0535. The van der Waals surface area contributed by atoms with Crippen LogP contribution in [0.15, 0.2) is 0 Å². The third-order valence-corrected chi connectivity index (χ3v) is 9.43. The molecular formula is C39H76O5. The molecular weight excluding hydrogens is 548 g/mol. The molecule has 0 aromatic carbocycles. The fourth-order valence-corrected chi connectivity index (χ4v) is 6.33. The van der Waals surface area contributed by atoms with Crippen LogP contribution in [-0.4, -0.2) is 35.4 Å². The molecule has 5 nitrogen and oxygen atoms in total. The van der Waals surface area contributed by atoms with Crippen molar-refractivity contribution in [2.45, 2.75) is 213 Å². The van der Waals surface area contributed by atoms with Gasteiger partial charge in [0.25, 0.3) is 0 Å². The van der Waals surface area contributed by atoms with Gasteiger partial charge in [-0.1, -0.05) is 194 Å². The normalized spacial score (nSPS) is 12.8. The summed E-state index contributed by atoms with van der Waals surface area (Å²) in [5.41, 5.74) is 0. The lowest BCUT2D eigenvalue weighted by Crippen LogP contribution is -2.31. The molecule has 0 rings (SSSR count). The van der Waals surface area contributed by atoms with E-state index in [0.717, 1.165) is 38.5 Å². The van der Waals surface area contributed by atoms with Crippen molar-refractivity contribution in [1.82, 2.24) is 0 Å². The van der Waals surface area contributed by atoms with Crippen molar-refractivity contribution in [1.29, 1.82) is 0 Å². The Bertz CT molecular complexity index is 607. The topological polar surface area (TPSA) is 83.8 Å². The minimum Gasteiger partial charge on any atom is -0.481 e. The maximum absolute atomic E-state index is 12.2. The number of hydrogen-bond acceptors (Lipinski definition) is 4. The fourth-order valence-electron chi connectivity index (χ4n) is 6.33. The number of aliphatic carboxylic acids is 1. The van der Waals surface area contributed by atoms with Gasteiger partial charge in [0.05, 0.1) is 12.5 Å². The van der Waals surface area contributed by atoms with Gasteiger partial charge >= 0.3 is 11.9 Å². The smallest absolute Gasteiger partial charge is 0.306 e. The number of aliphatic hydroxyl groups is 1. The van der Waals surface area contributed by atoms with E-state index in [-0.39, 0.29) is 19.2 Å². The molecule has 0 bridgehead atoms. The molecule has 0 aliphatic rings. The number of hydrogen-bond donors (Lipinski definition) is 2. The molecule has 0 aliphatic carbocycles. The van der Waals surface area contributed by atoms with Crippen molar-refractivity contribution >= 4 is 11.9 Å². The third kappa shape index (κ3) is 29.6. The first-order valence-corrected chi connectivity index (χ1v) is 19.6. The first-order valence-electron chi connectivity index (χ1n) is 19.6. The SMILES string of the molecule is CCCCCCCCCCCCCCCCCC(=O)OCC(CO)[C@H](CCCCCCCCCCCCCCCC)C(=O)O. The standard InChI is InChI=1S/C39H76O5/c1-3-5-7-9-11-13-15-17-19-21-23-25-27-29-31-33-38(41)44-35-36(34-40)37(39(42)43)32-30-28-26-24-22-20-18-16-14-12-10-8-6-4-2/h36-37,40H,3-35H2,1-2H3,(H,42,43)/t36?,37-/m0/s1. The number of carbonyl (C=O) groups excluding carboxylic acids is 1. The lowest BCUT2D eigenvalue weighted by molar-refractivity contribution is -0.152. The van der Waals surface area contributed by atoms with Crippen LogP contribution in [0, 0.1) is 11.8 Å². The summed E-state index contributed by atoms with van der Waals surface area (Å²) in [7, 11) is 0. The molecule has 1 unspecified atom stereocenters. The van der Waals surface area contributed by atoms with Crippen LogP contribution in [0.1, 0.15) is 213 Å². The molecule has 0 amide bonds. The Morgan fingerprint density at radius 3 is 1.14 bits per heavy atom. The fraction of sp³-hybridized carbons (Fsp3) is 0.949. The first-order chi connectivity index (χ1) is 21.6. The lowest BCUT2D eigenvalue weighted by Gasteiger charge is -2.22. The van der Waals surface area contributed by atoms with Gasteiger partial charge in [-0.3, -0.25) is 9.59 Å². The Balaban J connectivity index is 3.75. The predicted molar refractivity (Wildman–Crippen MR) is 187 cm³/mol. The van der Waals surface area contributed by atoms with E-state index in [2.05, 4.69) is 13.8 Å². The van der Waals surface area contributed by atoms with Gasteiger partial charge in [-0.25, -0.2) is 0 Å². The Morgan fingerprint density at radius 1 is 0.500 bits per heavy atom. The number of carboxylic acid groups (broad SMARTS) is 1. The monoisotopic (exact) mass is 625 g/mol. The van der Waals surface area contributed by atoms with Crippen molar-refractivity contribution in [3.63, 3.8) is 0 Å². The predicted octanol–water partition coefficient (Wildman–Crippen LogP) is 12.0. The zero-order valence-corrected chi connectivity index (χ0v) is 29.6. The van der Waals surface area contributed by atoms with Gasteiger partial charge in [0.2, 0.25) is 0 Å². The van der Waals surface area contributed by atoms with Crippen molar-refractivity contribution in [2.75, 3.05) is 13.2 Å². The molecule has 0 spiro atoms. The van der Waals surface area contributed by atoms with Crippen LogP contribution in [-0.2, 0) is 14.3 Å². The molecule has 2 atom stereocenters. The summed E-state index contributed by atoms with van der Waals surface area (Å²) >= 11 is 0. The number of esters is 1. The van der Waals surface area contributed by atoms with E-state index >= 15 is 0 Å². The minimum absolute atomic E-state index is 0.00361. The molecule has 0 aromatic heterocycles. The highest BCUT2D eigenvalue weighted by Gasteiger charge is 2.28. The van der Waals surface area contributed by atoms with E-state index in [1.807, 2.05) is 0 Å². The Hall–Kier alpha value is -1.10. The number of unbranched alkanes of at least 4 members (excludes halogenated alkanes) is 27. The molecule has 0 radical (unpaired) electrons. The zero-order chi connectivity index (χ0) is 32.4. The highest BCUT2D eigenvalue weighted by atomic mass is 16.5. The Labute approximate surface area is 274 Å². The maximum Gasteiger partial charge on any atom is 0.306 e. The van der Waals surface area contributed by atoms with E-state index in [1.54, 1.807) is 0 Å². The molecule has 5 heteroatoms. The van der Waals surface area contributed by atoms with Crippen molar-refractivity contribution in [3.8, 4) is 0 Å². The van der Waals surface area contributed by atoms with Gasteiger partial charge in [0.1, 0.15) is 0 Å². The second kappa shape index (κ2) is 34.8. The average Bonchev–Trinajstić information content (AvgIpc) is 3.02. The van der Waals surface area contributed by atoms with Crippen molar-refractivity contribution < 1.29 is 24.5 Å². The van der Waals surface area contributed by atoms with E-state index in [0.29, 0.717) is 12.8 Å². The molecule has 0 saturated carbocycles. The Morgan fingerprint density at radius 2 is 0.818 bits per heavy atom. The van der Waals surface area contributed by atoms with Gasteiger partial charge < -0.3 is 14.9 Å². The largest absolute Gasteiger partial charge is 0.481 e. The van der Waals surface area contributed by atoms with E-state index < -0.39 is 17.8 Å². The zero-order valence-electron chi connectivity index (χ0n) is 29.6. The van der Waals surface area contributed by atoms with Crippen LogP contribution in [0.25, 0.3) is 0 Å². The summed E-state index contributed by atoms with van der Waals surface area (Å²) < 4.78 is 5.41. The van der Waals surface area contributed by atoms with Crippen molar-refractivity contribution in [3.05, 3.63) is 0 Å². The second-order valence-electron chi connectivity index (χ2n) is 13.7. The molecule has 0 heterocycles. The second-order valence-corrected chi connectivity index (χ2v) is 13.7. The van der Waals surface area contributed by atoms with Crippen LogP contribution in [0.3, 0.4) is 0 Å². The highest BCUT2D eigenvalue weighted by Crippen LogP contribution is 2.22.